The molecule has 0 radical (unpaired) electrons. The lowest BCUT2D eigenvalue weighted by Crippen LogP contribution is -2.46. The van der Waals surface area contributed by atoms with Crippen LogP contribution in [-0.4, -0.2) is 36.6 Å². The Labute approximate surface area is 73.7 Å². The Balaban J connectivity index is 2.43. The Kier molecular flexibility index (Phi) is 3.09. The Morgan fingerprint density at radius 3 is 2.92 bits per heavy atom. The topological polar surface area (TPSA) is 29.5 Å². The fourth-order valence-electron chi connectivity index (χ4n) is 1.39. The second-order valence-electron chi connectivity index (χ2n) is 3.81. The van der Waals surface area contributed by atoms with Crippen molar-refractivity contribution >= 4 is 5.91 Å². The van der Waals surface area contributed by atoms with Gasteiger partial charge in [-0.15, -0.1) is 0 Å². The van der Waals surface area contributed by atoms with Crippen LogP contribution >= 0.6 is 0 Å². The molecule has 1 saturated heterocycles. The van der Waals surface area contributed by atoms with Crippen molar-refractivity contribution in [1.29, 1.82) is 0 Å². The molecular formula is C9H17NO2. The van der Waals surface area contributed by atoms with Crippen LogP contribution in [0.15, 0.2) is 0 Å². The lowest BCUT2D eigenvalue weighted by Gasteiger charge is -2.32. The van der Waals surface area contributed by atoms with Crippen LogP contribution in [-0.2, 0) is 9.53 Å². The maximum Gasteiger partial charge on any atom is 0.248 e. The number of ether oxygens (including phenoxy) is 1. The summed E-state index contributed by atoms with van der Waals surface area (Å²) in [7, 11) is 0. The Morgan fingerprint density at radius 2 is 2.33 bits per heavy atom. The van der Waals surface area contributed by atoms with Gasteiger partial charge in [0.15, 0.2) is 0 Å². The summed E-state index contributed by atoms with van der Waals surface area (Å²) < 4.78 is 5.21. The molecule has 70 valence electrons. The summed E-state index contributed by atoms with van der Waals surface area (Å²) in [5.74, 6) is 0.668. The first-order chi connectivity index (χ1) is 5.59. The zero-order valence-electron chi connectivity index (χ0n) is 8.04. The number of carbonyl (C=O) groups excluding carboxylic acids is 1. The number of nitrogens with zero attached hydrogens (tertiary/aromatic N) is 1. The van der Waals surface area contributed by atoms with Gasteiger partial charge in [-0.1, -0.05) is 13.8 Å². The zero-order valence-corrected chi connectivity index (χ0v) is 8.04. The van der Waals surface area contributed by atoms with E-state index in [4.69, 9.17) is 4.74 Å². The molecule has 0 N–H and O–H groups in total. The zero-order chi connectivity index (χ0) is 9.14. The molecule has 1 fully saturated rings. The van der Waals surface area contributed by atoms with Crippen LogP contribution in [0.2, 0.25) is 0 Å². The highest BCUT2D eigenvalue weighted by molar-refractivity contribution is 5.78. The fraction of sp³-hybridized carbons (Fsp3) is 0.889. The third-order valence-electron chi connectivity index (χ3n) is 1.91. The minimum atomic E-state index is 0.127. The van der Waals surface area contributed by atoms with Crippen LogP contribution in [0.3, 0.4) is 0 Å². The van der Waals surface area contributed by atoms with Gasteiger partial charge in [0.25, 0.3) is 0 Å². The largest absolute Gasteiger partial charge is 0.367 e. The van der Waals surface area contributed by atoms with E-state index in [1.807, 2.05) is 11.8 Å². The number of carbonyl (C=O) groups is 1. The van der Waals surface area contributed by atoms with Crippen molar-refractivity contribution in [2.75, 3.05) is 19.7 Å². The summed E-state index contributed by atoms with van der Waals surface area (Å²) in [6.45, 7) is 8.10. The van der Waals surface area contributed by atoms with Crippen molar-refractivity contribution in [1.82, 2.24) is 4.90 Å². The van der Waals surface area contributed by atoms with Gasteiger partial charge in [-0.3, -0.25) is 4.79 Å². The van der Waals surface area contributed by atoms with Gasteiger partial charge in [-0.2, -0.15) is 0 Å². The molecule has 1 aliphatic heterocycles. The minimum Gasteiger partial charge on any atom is -0.367 e. The summed E-state index contributed by atoms with van der Waals surface area (Å²) in [6, 6.07) is 0. The van der Waals surface area contributed by atoms with Gasteiger partial charge in [0.1, 0.15) is 6.61 Å². The molecule has 1 atom stereocenters. The lowest BCUT2D eigenvalue weighted by atomic mass is 10.2. The Hall–Kier alpha value is -0.570. The predicted molar refractivity (Wildman–Crippen MR) is 46.8 cm³/mol. The number of hydrogen-bond donors (Lipinski definition) is 0. The van der Waals surface area contributed by atoms with Gasteiger partial charge < -0.3 is 9.64 Å². The molecule has 3 nitrogen and oxygen atoms in total. The van der Waals surface area contributed by atoms with E-state index in [1.165, 1.54) is 0 Å². The first-order valence-electron chi connectivity index (χ1n) is 4.49. The van der Waals surface area contributed by atoms with Crippen LogP contribution in [0.25, 0.3) is 0 Å². The van der Waals surface area contributed by atoms with Crippen molar-refractivity contribution in [2.45, 2.75) is 26.9 Å². The molecule has 3 heteroatoms. The molecule has 0 aromatic carbocycles. The molecule has 1 amide bonds. The SMILES string of the molecule is CC(C)CN1CC(C)OCC1=O. The Morgan fingerprint density at radius 1 is 1.67 bits per heavy atom. The van der Waals surface area contributed by atoms with Crippen molar-refractivity contribution in [3.05, 3.63) is 0 Å². The standard InChI is InChI=1S/C9H17NO2/c1-7(2)4-10-5-8(3)12-6-9(10)11/h7-8H,4-6H2,1-3H3. The van der Waals surface area contributed by atoms with E-state index in [2.05, 4.69) is 13.8 Å². The molecule has 12 heavy (non-hydrogen) atoms. The number of amides is 1. The van der Waals surface area contributed by atoms with Crippen molar-refractivity contribution in [3.63, 3.8) is 0 Å². The molecule has 0 aliphatic carbocycles. The van der Waals surface area contributed by atoms with Gasteiger partial charge in [-0.05, 0) is 12.8 Å². The monoisotopic (exact) mass is 171 g/mol. The van der Waals surface area contributed by atoms with Gasteiger partial charge in [-0.25, -0.2) is 0 Å². The smallest absolute Gasteiger partial charge is 0.248 e. The van der Waals surface area contributed by atoms with Crippen LogP contribution in [0.1, 0.15) is 20.8 Å². The number of hydrogen-bond acceptors (Lipinski definition) is 2. The predicted octanol–water partition coefficient (Wildman–Crippen LogP) is 0.890. The summed E-state index contributed by atoms with van der Waals surface area (Å²) in [6.07, 6.45) is 0.196. The van der Waals surface area contributed by atoms with E-state index in [0.717, 1.165) is 13.1 Å². The molecular weight excluding hydrogens is 154 g/mol. The summed E-state index contributed by atoms with van der Waals surface area (Å²) in [4.78, 5) is 13.2. The van der Waals surface area contributed by atoms with Crippen LogP contribution in [0, 0.1) is 5.92 Å². The highest BCUT2D eigenvalue weighted by atomic mass is 16.5. The van der Waals surface area contributed by atoms with Crippen molar-refractivity contribution in [2.24, 2.45) is 5.92 Å². The van der Waals surface area contributed by atoms with E-state index in [9.17, 15) is 4.79 Å². The lowest BCUT2D eigenvalue weighted by molar-refractivity contribution is -0.148. The van der Waals surface area contributed by atoms with Gasteiger partial charge >= 0.3 is 0 Å². The molecule has 1 aliphatic rings. The molecule has 0 bridgehead atoms. The van der Waals surface area contributed by atoms with Gasteiger partial charge in [0.05, 0.1) is 6.10 Å². The second kappa shape index (κ2) is 3.90. The molecule has 0 saturated carbocycles. The van der Waals surface area contributed by atoms with Crippen LogP contribution < -0.4 is 0 Å². The quantitative estimate of drug-likeness (QED) is 0.617. The first-order valence-corrected chi connectivity index (χ1v) is 4.49. The van der Waals surface area contributed by atoms with E-state index in [1.54, 1.807) is 0 Å². The maximum atomic E-state index is 11.3. The summed E-state index contributed by atoms with van der Waals surface area (Å²) >= 11 is 0. The van der Waals surface area contributed by atoms with Crippen LogP contribution in [0.4, 0.5) is 0 Å². The molecule has 1 heterocycles. The van der Waals surface area contributed by atoms with Crippen molar-refractivity contribution < 1.29 is 9.53 Å². The summed E-state index contributed by atoms with van der Waals surface area (Å²) in [5.41, 5.74) is 0. The molecule has 0 spiro atoms. The highest BCUT2D eigenvalue weighted by Crippen LogP contribution is 2.08. The van der Waals surface area contributed by atoms with E-state index >= 15 is 0 Å². The molecule has 1 rings (SSSR count). The van der Waals surface area contributed by atoms with E-state index in [0.29, 0.717) is 5.92 Å². The second-order valence-corrected chi connectivity index (χ2v) is 3.81. The Bertz CT molecular complexity index is 166. The number of morpholine rings is 1. The number of rotatable bonds is 2. The van der Waals surface area contributed by atoms with E-state index < -0.39 is 0 Å². The minimum absolute atomic E-state index is 0.127. The van der Waals surface area contributed by atoms with Gasteiger partial charge in [0, 0.05) is 13.1 Å². The third-order valence-corrected chi connectivity index (χ3v) is 1.91. The average Bonchev–Trinajstić information content (AvgIpc) is 1.96. The first kappa shape index (κ1) is 9.52. The highest BCUT2D eigenvalue weighted by Gasteiger charge is 2.23. The summed E-state index contributed by atoms with van der Waals surface area (Å²) in [5, 5.41) is 0. The normalized spacial score (nSPS) is 25.2. The fourth-order valence-corrected chi connectivity index (χ4v) is 1.39. The van der Waals surface area contributed by atoms with E-state index in [-0.39, 0.29) is 18.6 Å². The van der Waals surface area contributed by atoms with Crippen molar-refractivity contribution in [3.8, 4) is 0 Å². The molecule has 0 aromatic heterocycles. The van der Waals surface area contributed by atoms with Gasteiger partial charge in [0.2, 0.25) is 5.91 Å². The molecule has 1 unspecified atom stereocenters. The maximum absolute atomic E-state index is 11.3. The third kappa shape index (κ3) is 2.48. The van der Waals surface area contributed by atoms with Crippen LogP contribution in [0.5, 0.6) is 0 Å². The average molecular weight is 171 g/mol. The molecule has 0 aromatic rings.